The highest BCUT2D eigenvalue weighted by molar-refractivity contribution is 7.89. The maximum Gasteiger partial charge on any atom is 0.338 e. The van der Waals surface area contributed by atoms with Crippen LogP contribution in [0.5, 0.6) is 0 Å². The van der Waals surface area contributed by atoms with E-state index in [4.69, 9.17) is 4.74 Å². The van der Waals surface area contributed by atoms with Crippen LogP contribution in [0.2, 0.25) is 0 Å². The van der Waals surface area contributed by atoms with Gasteiger partial charge in [0, 0.05) is 45.5 Å². The molecule has 1 fully saturated rings. The average Bonchev–Trinajstić information content (AvgIpc) is 2.88. The minimum absolute atomic E-state index is 0.213. The largest absolute Gasteiger partial charge is 0.463 e. The summed E-state index contributed by atoms with van der Waals surface area (Å²) in [7, 11) is -1.96. The van der Waals surface area contributed by atoms with Crippen molar-refractivity contribution < 1.29 is 22.7 Å². The molecule has 0 spiro atoms. The van der Waals surface area contributed by atoms with E-state index in [9.17, 15) is 18.0 Å². The van der Waals surface area contributed by atoms with Crippen LogP contribution in [0.25, 0.3) is 0 Å². The predicted octanol–water partition coefficient (Wildman–Crippen LogP) is 2.51. The number of esters is 1. The molecule has 0 saturated carbocycles. The lowest BCUT2D eigenvalue weighted by molar-refractivity contribution is -0.139. The van der Waals surface area contributed by atoms with E-state index in [1.165, 1.54) is 9.21 Å². The molecular formula is C26H32N4O5S. The summed E-state index contributed by atoms with van der Waals surface area (Å²) in [6.07, 6.45) is 0. The van der Waals surface area contributed by atoms with Gasteiger partial charge in [-0.15, -0.1) is 0 Å². The molecule has 1 N–H and O–H groups in total. The number of carbonyl (C=O) groups is 2. The topological polar surface area (TPSA) is 99.3 Å². The van der Waals surface area contributed by atoms with Gasteiger partial charge in [-0.25, -0.2) is 18.0 Å². The van der Waals surface area contributed by atoms with Crippen molar-refractivity contribution in [1.82, 2.24) is 19.4 Å². The van der Waals surface area contributed by atoms with Crippen molar-refractivity contribution in [3.8, 4) is 0 Å². The Bertz CT molecular complexity index is 1240. The Morgan fingerprint density at radius 2 is 1.67 bits per heavy atom. The molecule has 0 radical (unpaired) electrons. The summed E-state index contributed by atoms with van der Waals surface area (Å²) in [5, 5.41) is 2.91. The molecule has 10 heteroatoms. The Morgan fingerprint density at radius 3 is 2.28 bits per heavy atom. The number of nitrogens with one attached hydrogen (secondary N) is 1. The van der Waals surface area contributed by atoms with E-state index >= 15 is 0 Å². The summed E-state index contributed by atoms with van der Waals surface area (Å²) in [5.41, 5.74) is 2.73. The van der Waals surface area contributed by atoms with Crippen LogP contribution >= 0.6 is 0 Å². The molecule has 192 valence electrons. The van der Waals surface area contributed by atoms with E-state index in [2.05, 4.69) is 10.2 Å². The third-order valence-electron chi connectivity index (χ3n) is 6.57. The number of rotatable bonds is 7. The molecule has 9 nitrogen and oxygen atoms in total. The Balaban J connectivity index is 1.57. The zero-order valence-corrected chi connectivity index (χ0v) is 21.6. The summed E-state index contributed by atoms with van der Waals surface area (Å²) in [5.74, 6) is -0.478. The third kappa shape index (κ3) is 5.30. The SMILES string of the molecule is CCOC(=O)C1=C(CN2CCN(S(=O)(=O)c3ccc(C)cc3)CC2)N(C)C(=O)N[C@@H]1c1ccccc1. The summed E-state index contributed by atoms with van der Waals surface area (Å²) < 4.78 is 33.0. The lowest BCUT2D eigenvalue weighted by atomic mass is 9.94. The Labute approximate surface area is 212 Å². The van der Waals surface area contributed by atoms with E-state index < -0.39 is 22.0 Å². The number of likely N-dealkylation sites (N-methyl/N-ethyl adjacent to an activating group) is 1. The average molecular weight is 513 g/mol. The summed E-state index contributed by atoms with van der Waals surface area (Å²) in [6.45, 7) is 5.76. The van der Waals surface area contributed by atoms with Crippen LogP contribution in [0.15, 0.2) is 70.8 Å². The fraction of sp³-hybridized carbons (Fsp3) is 0.385. The molecular weight excluding hydrogens is 480 g/mol. The van der Waals surface area contributed by atoms with Gasteiger partial charge in [0.15, 0.2) is 0 Å². The van der Waals surface area contributed by atoms with Crippen molar-refractivity contribution in [1.29, 1.82) is 0 Å². The Morgan fingerprint density at radius 1 is 1.03 bits per heavy atom. The number of nitrogens with zero attached hydrogens (tertiary/aromatic N) is 3. The van der Waals surface area contributed by atoms with Gasteiger partial charge in [-0.3, -0.25) is 9.80 Å². The maximum absolute atomic E-state index is 13.1. The number of urea groups is 1. The summed E-state index contributed by atoms with van der Waals surface area (Å²) >= 11 is 0. The normalized spacial score (nSPS) is 19.8. The molecule has 0 aliphatic carbocycles. The lowest BCUT2D eigenvalue weighted by Crippen LogP contribution is -2.53. The molecule has 0 aromatic heterocycles. The third-order valence-corrected chi connectivity index (χ3v) is 8.48. The molecule has 2 amide bonds. The molecule has 2 aromatic carbocycles. The first-order valence-electron chi connectivity index (χ1n) is 12.0. The molecule has 2 aliphatic rings. The minimum Gasteiger partial charge on any atom is -0.463 e. The van der Waals surface area contributed by atoms with Crippen LogP contribution in [0.4, 0.5) is 4.79 Å². The monoisotopic (exact) mass is 512 g/mol. The number of piperazine rings is 1. The first kappa shape index (κ1) is 25.9. The zero-order valence-electron chi connectivity index (χ0n) is 20.8. The van der Waals surface area contributed by atoms with E-state index in [0.717, 1.165) is 11.1 Å². The first-order chi connectivity index (χ1) is 17.2. The van der Waals surface area contributed by atoms with Crippen molar-refractivity contribution in [3.63, 3.8) is 0 Å². The molecule has 2 heterocycles. The Hall–Kier alpha value is -3.21. The van der Waals surface area contributed by atoms with Gasteiger partial charge in [-0.2, -0.15) is 4.31 Å². The molecule has 0 bridgehead atoms. The number of hydrogen-bond donors (Lipinski definition) is 1. The van der Waals surface area contributed by atoms with Crippen LogP contribution in [0, 0.1) is 6.92 Å². The number of ether oxygens (including phenoxy) is 1. The highest BCUT2D eigenvalue weighted by atomic mass is 32.2. The fourth-order valence-electron chi connectivity index (χ4n) is 4.49. The van der Waals surface area contributed by atoms with Gasteiger partial charge < -0.3 is 10.1 Å². The summed E-state index contributed by atoms with van der Waals surface area (Å²) in [4.78, 5) is 29.7. The van der Waals surface area contributed by atoms with E-state index in [1.807, 2.05) is 37.3 Å². The highest BCUT2D eigenvalue weighted by Gasteiger charge is 2.38. The molecule has 2 aliphatic heterocycles. The Kier molecular flexibility index (Phi) is 7.77. The second kappa shape index (κ2) is 10.8. The van der Waals surface area contributed by atoms with Crippen molar-refractivity contribution in [2.45, 2.75) is 24.8 Å². The van der Waals surface area contributed by atoms with Crippen molar-refractivity contribution in [3.05, 3.63) is 77.0 Å². The summed E-state index contributed by atoms with van der Waals surface area (Å²) in [6, 6.07) is 15.2. The molecule has 2 aromatic rings. The lowest BCUT2D eigenvalue weighted by Gasteiger charge is -2.39. The van der Waals surface area contributed by atoms with Crippen LogP contribution < -0.4 is 5.32 Å². The van der Waals surface area contributed by atoms with Crippen molar-refractivity contribution >= 4 is 22.0 Å². The predicted molar refractivity (Wildman–Crippen MR) is 136 cm³/mol. The second-order valence-corrected chi connectivity index (χ2v) is 10.9. The van der Waals surface area contributed by atoms with Gasteiger partial charge in [0.1, 0.15) is 0 Å². The number of sulfonamides is 1. The molecule has 1 atom stereocenters. The van der Waals surface area contributed by atoms with Gasteiger partial charge in [0.05, 0.1) is 23.1 Å². The van der Waals surface area contributed by atoms with E-state index in [1.54, 1.807) is 38.2 Å². The van der Waals surface area contributed by atoms with Crippen LogP contribution in [-0.2, 0) is 19.6 Å². The standard InChI is InChI=1S/C26H32N4O5S/c1-4-35-25(31)23-22(28(3)26(32)27-24(23)20-8-6-5-7-9-20)18-29-14-16-30(17-15-29)36(33,34)21-12-10-19(2)11-13-21/h5-13,24H,4,14-18H2,1-3H3,(H,27,32)/t24-/m1/s1. The molecule has 36 heavy (non-hydrogen) atoms. The van der Waals surface area contributed by atoms with Gasteiger partial charge in [0.25, 0.3) is 0 Å². The van der Waals surface area contributed by atoms with E-state index in [-0.39, 0.29) is 17.5 Å². The number of aryl methyl sites for hydroxylation is 1. The van der Waals surface area contributed by atoms with Gasteiger partial charge >= 0.3 is 12.0 Å². The molecule has 4 rings (SSSR count). The first-order valence-corrected chi connectivity index (χ1v) is 13.4. The highest BCUT2D eigenvalue weighted by Crippen LogP contribution is 2.31. The fourth-order valence-corrected chi connectivity index (χ4v) is 5.91. The van der Waals surface area contributed by atoms with Gasteiger partial charge in [-0.1, -0.05) is 48.0 Å². The van der Waals surface area contributed by atoms with Crippen molar-refractivity contribution in [2.24, 2.45) is 0 Å². The quantitative estimate of drug-likeness (QED) is 0.573. The van der Waals surface area contributed by atoms with Crippen molar-refractivity contribution in [2.75, 3.05) is 46.4 Å². The maximum atomic E-state index is 13.1. The minimum atomic E-state index is -3.59. The molecule has 0 unspecified atom stereocenters. The van der Waals surface area contributed by atoms with Crippen LogP contribution in [0.3, 0.4) is 0 Å². The van der Waals surface area contributed by atoms with Gasteiger partial charge in [0.2, 0.25) is 10.0 Å². The number of hydrogen-bond acceptors (Lipinski definition) is 6. The van der Waals surface area contributed by atoms with Crippen LogP contribution in [-0.4, -0.2) is 80.9 Å². The number of amides is 2. The van der Waals surface area contributed by atoms with E-state index in [0.29, 0.717) is 44.0 Å². The number of carbonyl (C=O) groups excluding carboxylic acids is 2. The van der Waals surface area contributed by atoms with Crippen LogP contribution in [0.1, 0.15) is 24.1 Å². The molecule has 1 saturated heterocycles. The smallest absolute Gasteiger partial charge is 0.338 e. The zero-order chi connectivity index (χ0) is 25.9. The number of benzene rings is 2. The second-order valence-electron chi connectivity index (χ2n) is 8.93. The van der Waals surface area contributed by atoms with Gasteiger partial charge in [-0.05, 0) is 31.5 Å².